The van der Waals surface area contributed by atoms with Gasteiger partial charge in [0.1, 0.15) is 11.4 Å². The summed E-state index contributed by atoms with van der Waals surface area (Å²) < 4.78 is 6.15. The second-order valence-electron chi connectivity index (χ2n) is 6.85. The lowest BCUT2D eigenvalue weighted by molar-refractivity contribution is 0.0482. The van der Waals surface area contributed by atoms with Crippen LogP contribution in [0.15, 0.2) is 48.5 Å². The number of urea groups is 1. The van der Waals surface area contributed by atoms with E-state index in [4.69, 9.17) is 4.74 Å². The third-order valence-electron chi connectivity index (χ3n) is 4.90. The molecule has 0 radical (unpaired) electrons. The number of rotatable bonds is 1. The third kappa shape index (κ3) is 2.97. The van der Waals surface area contributed by atoms with Crippen LogP contribution in [0, 0.1) is 6.92 Å². The molecule has 5 heteroatoms. The highest BCUT2D eigenvalue weighted by molar-refractivity contribution is 6.00. The van der Waals surface area contributed by atoms with Gasteiger partial charge in [-0.15, -0.1) is 0 Å². The SMILES string of the molecule is Cc1ccc(NC(=O)N2CCC3(CC(=O)c4ccccc4O3)C2)cc1. The number of carbonyl (C=O) groups excluding carboxylic acids is 2. The first-order valence-corrected chi connectivity index (χ1v) is 8.49. The second-order valence-corrected chi connectivity index (χ2v) is 6.85. The van der Waals surface area contributed by atoms with Crippen molar-refractivity contribution in [2.75, 3.05) is 18.4 Å². The molecule has 2 aromatic rings. The van der Waals surface area contributed by atoms with E-state index in [1.54, 1.807) is 11.0 Å². The molecule has 0 aliphatic carbocycles. The summed E-state index contributed by atoms with van der Waals surface area (Å²) in [4.78, 5) is 26.7. The van der Waals surface area contributed by atoms with E-state index in [-0.39, 0.29) is 11.8 Å². The number of ether oxygens (including phenoxy) is 1. The molecule has 1 unspecified atom stereocenters. The number of ketones is 1. The van der Waals surface area contributed by atoms with Gasteiger partial charge in [0.05, 0.1) is 18.5 Å². The van der Waals surface area contributed by atoms with Crippen LogP contribution in [-0.4, -0.2) is 35.4 Å². The van der Waals surface area contributed by atoms with Gasteiger partial charge in [-0.1, -0.05) is 29.8 Å². The number of likely N-dealkylation sites (tertiary alicyclic amines) is 1. The molecule has 25 heavy (non-hydrogen) atoms. The fourth-order valence-corrected chi connectivity index (χ4v) is 3.53. The zero-order valence-electron chi connectivity index (χ0n) is 14.1. The number of para-hydroxylation sites is 1. The summed E-state index contributed by atoms with van der Waals surface area (Å²) in [6.07, 6.45) is 0.979. The van der Waals surface area contributed by atoms with Gasteiger partial charge in [-0.25, -0.2) is 4.79 Å². The van der Waals surface area contributed by atoms with E-state index in [0.29, 0.717) is 37.2 Å². The lowest BCUT2D eigenvalue weighted by Crippen LogP contribution is -2.45. The van der Waals surface area contributed by atoms with E-state index in [0.717, 1.165) is 11.3 Å². The molecule has 2 aromatic carbocycles. The van der Waals surface area contributed by atoms with Crippen LogP contribution >= 0.6 is 0 Å². The van der Waals surface area contributed by atoms with Crippen molar-refractivity contribution in [1.29, 1.82) is 0 Å². The Balaban J connectivity index is 1.47. The maximum atomic E-state index is 12.5. The number of anilines is 1. The minimum absolute atomic E-state index is 0.0858. The normalized spacial score (nSPS) is 21.8. The molecule has 1 spiro atoms. The average molecular weight is 336 g/mol. The summed E-state index contributed by atoms with van der Waals surface area (Å²) in [6, 6.07) is 14.9. The first kappa shape index (κ1) is 15.7. The summed E-state index contributed by atoms with van der Waals surface area (Å²) in [5.74, 6) is 0.710. The maximum Gasteiger partial charge on any atom is 0.321 e. The van der Waals surface area contributed by atoms with E-state index in [2.05, 4.69) is 5.32 Å². The quantitative estimate of drug-likeness (QED) is 0.865. The lowest BCUT2D eigenvalue weighted by atomic mass is 9.89. The second kappa shape index (κ2) is 5.92. The number of benzene rings is 2. The highest BCUT2D eigenvalue weighted by Crippen LogP contribution is 2.38. The number of nitrogens with one attached hydrogen (secondary N) is 1. The topological polar surface area (TPSA) is 58.6 Å². The third-order valence-corrected chi connectivity index (χ3v) is 4.90. The monoisotopic (exact) mass is 336 g/mol. The van der Waals surface area contributed by atoms with Crippen LogP contribution in [0.25, 0.3) is 0 Å². The summed E-state index contributed by atoms with van der Waals surface area (Å²) in [5, 5.41) is 2.91. The minimum Gasteiger partial charge on any atom is -0.484 e. The highest BCUT2D eigenvalue weighted by Gasteiger charge is 2.46. The number of amides is 2. The molecule has 5 nitrogen and oxygen atoms in total. The van der Waals surface area contributed by atoms with Gasteiger partial charge in [0.2, 0.25) is 0 Å². The average Bonchev–Trinajstić information content (AvgIpc) is 3.00. The molecule has 4 rings (SSSR count). The van der Waals surface area contributed by atoms with Crippen LogP contribution in [0.5, 0.6) is 5.75 Å². The van der Waals surface area contributed by atoms with E-state index in [9.17, 15) is 9.59 Å². The molecule has 2 aliphatic rings. The Morgan fingerprint density at radius 3 is 2.72 bits per heavy atom. The molecule has 2 heterocycles. The Kier molecular flexibility index (Phi) is 3.71. The predicted octanol–water partition coefficient (Wildman–Crippen LogP) is 3.64. The van der Waals surface area contributed by atoms with Gasteiger partial charge in [0.25, 0.3) is 0 Å². The van der Waals surface area contributed by atoms with Crippen LogP contribution in [0.3, 0.4) is 0 Å². The first-order valence-electron chi connectivity index (χ1n) is 8.49. The van der Waals surface area contributed by atoms with Crippen molar-refractivity contribution in [3.63, 3.8) is 0 Å². The van der Waals surface area contributed by atoms with Crippen molar-refractivity contribution in [3.05, 3.63) is 59.7 Å². The number of carbonyl (C=O) groups is 2. The minimum atomic E-state index is -0.601. The fraction of sp³-hybridized carbons (Fsp3) is 0.300. The molecule has 0 aromatic heterocycles. The Morgan fingerprint density at radius 2 is 1.92 bits per heavy atom. The molecular weight excluding hydrogens is 316 g/mol. The van der Waals surface area contributed by atoms with Gasteiger partial charge in [0.15, 0.2) is 5.78 Å². The largest absolute Gasteiger partial charge is 0.484 e. The van der Waals surface area contributed by atoms with E-state index < -0.39 is 5.60 Å². The van der Waals surface area contributed by atoms with Crippen LogP contribution in [0.4, 0.5) is 10.5 Å². The summed E-state index contributed by atoms with van der Waals surface area (Å²) in [5.41, 5.74) is 1.94. The van der Waals surface area contributed by atoms with Gasteiger partial charge in [-0.2, -0.15) is 0 Å². The zero-order chi connectivity index (χ0) is 17.4. The number of nitrogens with zero attached hydrogens (tertiary/aromatic N) is 1. The number of aryl methyl sites for hydroxylation is 1. The fourth-order valence-electron chi connectivity index (χ4n) is 3.53. The van der Waals surface area contributed by atoms with Crippen molar-refractivity contribution in [1.82, 2.24) is 4.90 Å². The molecule has 2 aliphatic heterocycles. The number of hydrogen-bond donors (Lipinski definition) is 1. The first-order chi connectivity index (χ1) is 12.0. The summed E-state index contributed by atoms with van der Waals surface area (Å²) in [7, 11) is 0. The molecule has 0 bridgehead atoms. The molecule has 1 saturated heterocycles. The predicted molar refractivity (Wildman–Crippen MR) is 95.1 cm³/mol. The molecule has 2 amide bonds. The van der Waals surface area contributed by atoms with Crippen LogP contribution in [0.1, 0.15) is 28.8 Å². The molecule has 1 fully saturated rings. The van der Waals surface area contributed by atoms with Gasteiger partial charge in [-0.05, 0) is 31.2 Å². The van der Waals surface area contributed by atoms with E-state index in [1.807, 2.05) is 49.4 Å². The summed E-state index contributed by atoms with van der Waals surface area (Å²) >= 11 is 0. The van der Waals surface area contributed by atoms with Crippen molar-refractivity contribution < 1.29 is 14.3 Å². The van der Waals surface area contributed by atoms with Gasteiger partial charge >= 0.3 is 6.03 Å². The van der Waals surface area contributed by atoms with Crippen molar-refractivity contribution in [2.45, 2.75) is 25.4 Å². The molecular formula is C20H20N2O3. The summed E-state index contributed by atoms with van der Waals surface area (Å²) in [6.45, 7) is 3.00. The Labute approximate surface area is 146 Å². The smallest absolute Gasteiger partial charge is 0.321 e. The number of hydrogen-bond acceptors (Lipinski definition) is 3. The zero-order valence-corrected chi connectivity index (χ0v) is 14.1. The Hall–Kier alpha value is -2.82. The van der Waals surface area contributed by atoms with Gasteiger partial charge in [-0.3, -0.25) is 4.79 Å². The van der Waals surface area contributed by atoms with Crippen molar-refractivity contribution >= 4 is 17.5 Å². The lowest BCUT2D eigenvalue weighted by Gasteiger charge is -2.34. The molecule has 1 atom stereocenters. The molecule has 0 saturated carbocycles. The Bertz CT molecular complexity index is 831. The van der Waals surface area contributed by atoms with Crippen molar-refractivity contribution in [2.24, 2.45) is 0 Å². The van der Waals surface area contributed by atoms with Gasteiger partial charge in [0, 0.05) is 18.7 Å². The number of fused-ring (bicyclic) bond motifs is 1. The maximum absolute atomic E-state index is 12.5. The molecule has 1 N–H and O–H groups in total. The standard InChI is InChI=1S/C20H20N2O3/c1-14-6-8-15(9-7-14)21-19(24)22-11-10-20(13-22)12-17(23)16-4-2-3-5-18(16)25-20/h2-9H,10-13H2,1H3,(H,21,24). The molecule has 128 valence electrons. The van der Waals surface area contributed by atoms with Crippen LogP contribution in [0.2, 0.25) is 0 Å². The number of Topliss-reactive ketones (excluding diaryl/α,β-unsaturated/α-hetero) is 1. The highest BCUT2D eigenvalue weighted by atomic mass is 16.5. The van der Waals surface area contributed by atoms with E-state index in [1.165, 1.54) is 0 Å². The van der Waals surface area contributed by atoms with Gasteiger partial charge < -0.3 is 15.0 Å². The van der Waals surface area contributed by atoms with Crippen LogP contribution < -0.4 is 10.1 Å². The van der Waals surface area contributed by atoms with Crippen molar-refractivity contribution in [3.8, 4) is 5.75 Å². The van der Waals surface area contributed by atoms with Crippen LogP contribution in [-0.2, 0) is 0 Å². The Morgan fingerprint density at radius 1 is 1.16 bits per heavy atom. The van der Waals surface area contributed by atoms with E-state index >= 15 is 0 Å².